The molecule has 0 fully saturated rings. The molecule has 1 atom stereocenters. The number of rotatable bonds is 8. The topological polar surface area (TPSA) is 9.72 Å². The van der Waals surface area contributed by atoms with Crippen LogP contribution in [0.5, 0.6) is 0 Å². The highest BCUT2D eigenvalue weighted by Gasteiger charge is 2.54. The van der Waals surface area contributed by atoms with E-state index in [0.717, 1.165) is 50.9 Å². The molecule has 19 rings (SSSR count). The SMILES string of the molecule is CC1(C)c2ccc3c(c2)B2c4cc5c(cc4N(c4ccc(-c6ccccc6)cc4)c4cc(N(c6ccccc6)c6ccccc6)cc(c42)N3c2cc(-c3ccccc3)cc(-c3ccccc3)c2)-c2ccccc2C52c3ccccc3-c3cc1ccc32. The lowest BCUT2D eigenvalue weighted by atomic mass is 9.33. The lowest BCUT2D eigenvalue weighted by Crippen LogP contribution is -2.61. The maximum atomic E-state index is 2.68. The Morgan fingerprint density at radius 3 is 1.33 bits per heavy atom. The van der Waals surface area contributed by atoms with Gasteiger partial charge < -0.3 is 14.7 Å². The number of nitrogens with zero attached hydrogens (tertiary/aromatic N) is 3. The maximum absolute atomic E-state index is 2.68. The molecule has 86 heavy (non-hydrogen) atoms. The third kappa shape index (κ3) is 6.93. The molecule has 8 bridgehead atoms. The van der Waals surface area contributed by atoms with Gasteiger partial charge in [0, 0.05) is 50.9 Å². The van der Waals surface area contributed by atoms with Crippen molar-refractivity contribution in [2.45, 2.75) is 24.7 Å². The molecular formula is C82H56BN3. The smallest absolute Gasteiger partial charge is 0.252 e. The molecule has 6 aliphatic rings. The highest BCUT2D eigenvalue weighted by molar-refractivity contribution is 7.00. The Kier molecular flexibility index (Phi) is 10.5. The minimum absolute atomic E-state index is 0.171. The van der Waals surface area contributed by atoms with Gasteiger partial charge in [-0.3, -0.25) is 0 Å². The molecule has 2 aliphatic carbocycles. The zero-order valence-corrected chi connectivity index (χ0v) is 47.8. The third-order valence-electron chi connectivity index (χ3n) is 19.6. The zero-order valence-electron chi connectivity index (χ0n) is 47.8. The van der Waals surface area contributed by atoms with Gasteiger partial charge in [0.15, 0.2) is 0 Å². The van der Waals surface area contributed by atoms with Gasteiger partial charge in [-0.1, -0.05) is 232 Å². The first-order chi connectivity index (χ1) is 42.4. The Balaban J connectivity index is 1.01. The van der Waals surface area contributed by atoms with E-state index in [-0.39, 0.29) is 12.1 Å². The lowest BCUT2D eigenvalue weighted by molar-refractivity contribution is 0.641. The second kappa shape index (κ2) is 18.4. The molecule has 4 heterocycles. The molecule has 0 aromatic heterocycles. The van der Waals surface area contributed by atoms with Crippen LogP contribution in [0, 0.1) is 0 Å². The Hall–Kier alpha value is -10.7. The molecule has 3 nitrogen and oxygen atoms in total. The van der Waals surface area contributed by atoms with Crippen LogP contribution in [0.3, 0.4) is 0 Å². The monoisotopic (exact) mass is 1090 g/mol. The van der Waals surface area contributed by atoms with Gasteiger partial charge in [0.05, 0.1) is 11.1 Å². The second-order valence-corrected chi connectivity index (χ2v) is 24.4. The molecule has 13 aromatic carbocycles. The largest absolute Gasteiger partial charge is 0.311 e. The van der Waals surface area contributed by atoms with Crippen LogP contribution in [0.25, 0.3) is 55.6 Å². The van der Waals surface area contributed by atoms with Crippen LogP contribution in [-0.4, -0.2) is 6.71 Å². The van der Waals surface area contributed by atoms with E-state index in [1.165, 1.54) is 106 Å². The van der Waals surface area contributed by atoms with E-state index in [2.05, 4.69) is 332 Å². The summed E-state index contributed by atoms with van der Waals surface area (Å²) in [7, 11) is 0. The Bertz CT molecular complexity index is 4810. The molecule has 1 unspecified atom stereocenters. The van der Waals surface area contributed by atoms with Crippen molar-refractivity contribution in [3.63, 3.8) is 0 Å². The van der Waals surface area contributed by atoms with Crippen molar-refractivity contribution in [2.24, 2.45) is 0 Å². The van der Waals surface area contributed by atoms with Crippen molar-refractivity contribution in [1.29, 1.82) is 0 Å². The van der Waals surface area contributed by atoms with Gasteiger partial charge in [0.2, 0.25) is 0 Å². The van der Waals surface area contributed by atoms with Crippen LogP contribution in [-0.2, 0) is 10.8 Å². The first kappa shape index (κ1) is 48.8. The summed E-state index contributed by atoms with van der Waals surface area (Å²) in [4.78, 5) is 7.69. The summed E-state index contributed by atoms with van der Waals surface area (Å²) in [5.74, 6) is 0. The molecule has 13 aromatic rings. The second-order valence-electron chi connectivity index (χ2n) is 24.4. The van der Waals surface area contributed by atoms with Gasteiger partial charge in [-0.15, -0.1) is 0 Å². The molecule has 0 amide bonds. The van der Waals surface area contributed by atoms with Crippen molar-refractivity contribution >= 4 is 74.3 Å². The maximum Gasteiger partial charge on any atom is 0.252 e. The van der Waals surface area contributed by atoms with E-state index in [1.807, 2.05) is 0 Å². The molecule has 0 N–H and O–H groups in total. The quantitative estimate of drug-likeness (QED) is 0.140. The van der Waals surface area contributed by atoms with Gasteiger partial charge in [-0.2, -0.15) is 0 Å². The number of fused-ring (bicyclic) bond motifs is 4. The standard InChI is InChI=1S/C82H56BN3/c1-81(2)59-38-42-72-68(47-59)66-32-18-20-34-70(66)82(72)71-35-21-19-33-67(71)69-51-77-75(52-73(69)82)83-74-48-60(81)39-43-76(74)86(64-45-57(54-24-10-4-11-25-54)44-58(46-64)55-26-12-5-13-27-55)79-50-65(84(61-28-14-6-15-29-61)62-30-16-7-17-31-62)49-78(80(79)83)85(77)63-40-36-56(37-41-63)53-22-8-3-9-23-53/h3-52H,1-2H3. The fourth-order valence-corrected chi connectivity index (χ4v) is 15.6. The van der Waals surface area contributed by atoms with Crippen molar-refractivity contribution in [2.75, 3.05) is 14.7 Å². The minimum atomic E-state index is -0.543. The van der Waals surface area contributed by atoms with Crippen molar-refractivity contribution in [3.05, 3.63) is 337 Å². The van der Waals surface area contributed by atoms with Crippen molar-refractivity contribution in [1.82, 2.24) is 0 Å². The average molecular weight is 1090 g/mol. The predicted octanol–water partition coefficient (Wildman–Crippen LogP) is 19.2. The zero-order chi connectivity index (χ0) is 56.8. The van der Waals surface area contributed by atoms with Crippen LogP contribution in [0.15, 0.2) is 303 Å². The van der Waals surface area contributed by atoms with Crippen LogP contribution in [0.2, 0.25) is 0 Å². The Labute approximate surface area is 503 Å². The normalized spacial score (nSPS) is 15.4. The molecule has 402 valence electrons. The van der Waals surface area contributed by atoms with Crippen LogP contribution in [0.1, 0.15) is 47.2 Å². The molecular weight excluding hydrogens is 1040 g/mol. The summed E-state index contributed by atoms with van der Waals surface area (Å²) in [5.41, 5.74) is 33.2. The van der Waals surface area contributed by atoms with Crippen LogP contribution in [0.4, 0.5) is 51.2 Å². The predicted molar refractivity (Wildman–Crippen MR) is 360 cm³/mol. The fourth-order valence-electron chi connectivity index (χ4n) is 15.6. The molecule has 4 aliphatic heterocycles. The number of benzene rings is 13. The summed E-state index contributed by atoms with van der Waals surface area (Å²) >= 11 is 0. The lowest BCUT2D eigenvalue weighted by Gasteiger charge is -2.46. The molecule has 0 saturated carbocycles. The van der Waals surface area contributed by atoms with E-state index in [0.29, 0.717) is 0 Å². The van der Waals surface area contributed by atoms with Gasteiger partial charge in [0.25, 0.3) is 6.71 Å². The number of para-hydroxylation sites is 2. The summed E-state index contributed by atoms with van der Waals surface area (Å²) in [6.07, 6.45) is 0. The summed E-state index contributed by atoms with van der Waals surface area (Å²) in [6.45, 7) is 4.70. The van der Waals surface area contributed by atoms with E-state index in [9.17, 15) is 0 Å². The summed E-state index contributed by atoms with van der Waals surface area (Å²) in [6, 6.07) is 115. The number of anilines is 9. The van der Waals surface area contributed by atoms with Crippen LogP contribution < -0.4 is 31.1 Å². The average Bonchev–Trinajstić information content (AvgIpc) is 1.43. The third-order valence-corrected chi connectivity index (χ3v) is 19.6. The number of hydrogen-bond acceptors (Lipinski definition) is 3. The van der Waals surface area contributed by atoms with E-state index >= 15 is 0 Å². The first-order valence-electron chi connectivity index (χ1n) is 30.2. The van der Waals surface area contributed by atoms with E-state index in [4.69, 9.17) is 0 Å². The van der Waals surface area contributed by atoms with E-state index < -0.39 is 5.41 Å². The first-order valence-corrected chi connectivity index (χ1v) is 30.2. The Morgan fingerprint density at radius 1 is 0.291 bits per heavy atom. The fraction of sp³-hybridized carbons (Fsp3) is 0.0488. The molecule has 1 spiro atoms. The summed E-state index contributed by atoms with van der Waals surface area (Å²) in [5, 5.41) is 0. The van der Waals surface area contributed by atoms with E-state index in [1.54, 1.807) is 0 Å². The highest BCUT2D eigenvalue weighted by atomic mass is 15.2. The minimum Gasteiger partial charge on any atom is -0.311 e. The van der Waals surface area contributed by atoms with Crippen molar-refractivity contribution in [3.8, 4) is 55.6 Å². The molecule has 0 saturated heterocycles. The highest BCUT2D eigenvalue weighted by Crippen LogP contribution is 2.64. The van der Waals surface area contributed by atoms with Crippen molar-refractivity contribution < 1.29 is 0 Å². The molecule has 4 heteroatoms. The Morgan fingerprint density at radius 2 is 0.744 bits per heavy atom. The van der Waals surface area contributed by atoms with Gasteiger partial charge in [-0.05, 0) is 190 Å². The van der Waals surface area contributed by atoms with Gasteiger partial charge in [-0.25, -0.2) is 0 Å². The number of hydrogen-bond donors (Lipinski definition) is 0. The molecule has 0 radical (unpaired) electrons. The van der Waals surface area contributed by atoms with Crippen LogP contribution >= 0.6 is 0 Å². The van der Waals surface area contributed by atoms with Gasteiger partial charge >= 0.3 is 0 Å². The van der Waals surface area contributed by atoms with Gasteiger partial charge in [0.1, 0.15) is 0 Å². The summed E-state index contributed by atoms with van der Waals surface area (Å²) < 4.78 is 0.